The molecule has 0 saturated heterocycles. The Morgan fingerprint density at radius 3 is 1.20 bits per heavy atom. The fourth-order valence-electron chi connectivity index (χ4n) is 15.7. The second-order valence-electron chi connectivity index (χ2n) is 31.1. The molecule has 682 valence electrons. The number of aliphatic hydroxyl groups is 1. The summed E-state index contributed by atoms with van der Waals surface area (Å²) in [7, 11) is 5.27. The molecule has 3 N–H and O–H groups in total. The van der Waals surface area contributed by atoms with Gasteiger partial charge in [-0.2, -0.15) is 25.5 Å². The number of amides is 1. The van der Waals surface area contributed by atoms with Gasteiger partial charge in [-0.25, -0.2) is 27.7 Å². The van der Waals surface area contributed by atoms with Crippen LogP contribution in [0.15, 0.2) is 308 Å². The van der Waals surface area contributed by atoms with Gasteiger partial charge in [0.25, 0.3) is 0 Å². The van der Waals surface area contributed by atoms with Crippen LogP contribution in [0.4, 0.5) is 10.1 Å². The van der Waals surface area contributed by atoms with Gasteiger partial charge in [0.2, 0.25) is 11.4 Å². The molecule has 0 aliphatic rings. The lowest BCUT2D eigenvalue weighted by Gasteiger charge is -2.07. The Balaban J connectivity index is 0.000000117. The first kappa shape index (κ1) is 92.0. The molecule has 0 atom stereocenters. The van der Waals surface area contributed by atoms with Gasteiger partial charge >= 0.3 is 5.69 Å². The average Bonchev–Trinajstić information content (AvgIpc) is 1.61. The van der Waals surface area contributed by atoms with E-state index in [2.05, 4.69) is 92.1 Å². The Labute approximate surface area is 809 Å². The summed E-state index contributed by atoms with van der Waals surface area (Å²) in [5.74, 6) is 0.197. The van der Waals surface area contributed by atoms with Gasteiger partial charge in [-0.3, -0.25) is 20.0 Å². The monoisotopic (exact) mass is 1930 g/mol. The molecule has 30 nitrogen and oxygen atoms in total. The maximum absolute atomic E-state index is 13.5. The molecule has 0 spiro atoms. The zero-order valence-corrected chi connectivity index (χ0v) is 77.2. The minimum atomic E-state index is -0.515. The normalized spacial score (nSPS) is 11.1. The molecule has 0 fully saturated rings. The standard InChI is InChI=1S/C29H23ClN8O4.2C19H15ClN4O.C18H12ClFN4.C17H11ClN4/c30-24-23-25(18-9-3-1-4-10-18)34-37(29(23)33-32-26(24)19-11-5-2-6-12-19)17-22(39)31-16-8-7-13-20-14-15-21(38(40)41)28-27(20)35-42-36-28;1-24-19-15(17(23-24)12-6-4-3-5-7-12)16(20)18(21-22-19)13-8-10-14(25-2)11-9-13;20-16-15-17(13-7-3-1-4-8-13)23-24(11-12-25)19(15)22-21-18(16)14-9-5-2-6-10-14;1-24-18-14(16(23-24)11-6-3-2-4-7-11)15(19)17(21-22-18)12-8-5-9-13(20)10-12;18-14-13-15(11-7-3-1-4-8-11)19-21-17(13)22-20-16(14)12-9-5-2-6-10-12/h1-6,9-12,14-15H,7-8,13,16-17H2,(H,31,39);3-11H,1-2H3;1-10,25H,11-12H2;2-10H,1H3;1-10H,(H,19,21,22). The van der Waals surface area contributed by atoms with Crippen LogP contribution in [0.5, 0.6) is 5.75 Å². The number of nitrogens with zero attached hydrogens (tertiary/aromatic N) is 22. The van der Waals surface area contributed by atoms with Crippen LogP contribution < -0.4 is 10.1 Å². The molecule has 22 aromatic rings. The van der Waals surface area contributed by atoms with E-state index in [0.717, 1.165) is 100 Å². The number of ether oxygens (including phenoxy) is 1. The molecule has 11 aromatic carbocycles. The molecule has 138 heavy (non-hydrogen) atoms. The number of hydrogen-bond acceptors (Lipinski definition) is 23. The van der Waals surface area contributed by atoms with Crippen LogP contribution in [0, 0.1) is 15.9 Å². The molecule has 11 heterocycles. The Kier molecular flexibility index (Phi) is 28.0. The molecular weight excluding hydrogens is 1850 g/mol. The van der Waals surface area contributed by atoms with Crippen LogP contribution in [-0.4, -0.2) is 147 Å². The summed E-state index contributed by atoms with van der Waals surface area (Å²) in [4.78, 5) is 23.6. The van der Waals surface area contributed by atoms with E-state index in [1.807, 2.05) is 274 Å². The fraction of sp³-hybridized carbons (Fsp3) is 0.0980. The van der Waals surface area contributed by atoms with E-state index in [9.17, 15) is 24.4 Å². The van der Waals surface area contributed by atoms with Gasteiger partial charge in [0, 0.05) is 82.3 Å². The van der Waals surface area contributed by atoms with Gasteiger partial charge in [0.15, 0.2) is 28.2 Å². The second kappa shape index (κ2) is 42.0. The van der Waals surface area contributed by atoms with E-state index in [4.69, 9.17) is 72.5 Å². The number of nitro groups is 1. The summed E-state index contributed by atoms with van der Waals surface area (Å²) in [5, 5.41) is 106. The SMILES string of the molecule is COc1ccc(-c2nnc3c(c(-c4ccccc4)nn3C)c2Cl)cc1.Clc1c(-c2ccccc2)nnc2[nH]nc(-c3ccccc3)c12.Cn1nc(-c2ccccc2)c2c(Cl)c(-c3cccc(F)c3)nnc21.O=C(Cn1nc(-c2ccccc2)c2c(Cl)c(-c3ccccc3)nnc21)NCCCCc1ccc([N+](=O)[O-])c2nonc12.OCCn1nc(-c2ccccc2)c2c(Cl)c(-c3ccccc3)nnc21. The van der Waals surface area contributed by atoms with Gasteiger partial charge < -0.3 is 15.2 Å². The molecule has 11 aromatic heterocycles. The lowest BCUT2D eigenvalue weighted by molar-refractivity contribution is -0.383. The number of carbonyl (C=O) groups is 1. The van der Waals surface area contributed by atoms with Gasteiger partial charge in [0.1, 0.15) is 80.6 Å². The molecule has 36 heteroatoms. The summed E-state index contributed by atoms with van der Waals surface area (Å²) in [5.41, 5.74) is 19.3. The lowest BCUT2D eigenvalue weighted by atomic mass is 10.1. The fourth-order valence-corrected chi connectivity index (χ4v) is 17.3. The summed E-state index contributed by atoms with van der Waals surface area (Å²) >= 11 is 33.6. The van der Waals surface area contributed by atoms with Crippen molar-refractivity contribution in [1.82, 2.24) is 116 Å². The maximum atomic E-state index is 13.5. The molecule has 1 amide bonds. The van der Waals surface area contributed by atoms with Crippen molar-refractivity contribution in [1.29, 1.82) is 0 Å². The van der Waals surface area contributed by atoms with E-state index >= 15 is 0 Å². The molecule has 0 aliphatic carbocycles. The van der Waals surface area contributed by atoms with E-state index < -0.39 is 4.92 Å². The number of H-pyrrole nitrogens is 1. The number of halogens is 6. The number of unbranched alkanes of at least 4 members (excludes halogenated alkanes) is 1. The molecule has 0 bridgehead atoms. The van der Waals surface area contributed by atoms with Gasteiger partial charge in [-0.05, 0) is 77.6 Å². The second-order valence-corrected chi connectivity index (χ2v) is 33.0. The third kappa shape index (κ3) is 19.5. The highest BCUT2D eigenvalue weighted by Crippen LogP contribution is 2.44. The first-order valence-corrected chi connectivity index (χ1v) is 45.0. The molecule has 0 saturated carbocycles. The van der Waals surface area contributed by atoms with Gasteiger partial charge in [0.05, 0.1) is 77.2 Å². The summed E-state index contributed by atoms with van der Waals surface area (Å²) < 4.78 is 30.0. The van der Waals surface area contributed by atoms with Crippen LogP contribution in [0.25, 0.3) is 179 Å². The third-order valence-electron chi connectivity index (χ3n) is 22.3. The highest BCUT2D eigenvalue weighted by Gasteiger charge is 2.28. The molecule has 0 radical (unpaired) electrons. The number of nitrogens with one attached hydrogen (secondary N) is 2. The van der Waals surface area contributed by atoms with Crippen LogP contribution >= 0.6 is 58.0 Å². The highest BCUT2D eigenvalue weighted by atomic mass is 35.5. The number of aryl methyl sites for hydroxylation is 3. The van der Waals surface area contributed by atoms with Crippen LogP contribution in [0.2, 0.25) is 25.1 Å². The lowest BCUT2D eigenvalue weighted by Crippen LogP contribution is -2.29. The molecule has 22 rings (SSSR count). The van der Waals surface area contributed by atoms with Gasteiger partial charge in [-0.15, -0.1) is 51.0 Å². The van der Waals surface area contributed by atoms with E-state index in [-0.39, 0.29) is 36.1 Å². The molecular formula is C102H76Cl5FN24O6. The topological polar surface area (TPSA) is 369 Å². The first-order chi connectivity index (χ1) is 67.5. The zero-order chi connectivity index (χ0) is 95.3. The number of fused-ring (bicyclic) bond motifs is 6. The van der Waals surface area contributed by atoms with Crippen molar-refractivity contribution in [3.8, 4) is 118 Å². The van der Waals surface area contributed by atoms with Crippen LogP contribution in [0.1, 0.15) is 18.4 Å². The Hall–Kier alpha value is -16.4. The number of aromatic nitrogens is 22. The number of hydrogen-bond donors (Lipinski definition) is 3. The quantitative estimate of drug-likeness (QED) is 0.0342. The summed E-state index contributed by atoms with van der Waals surface area (Å²) in [6, 6.07) is 94.8. The van der Waals surface area contributed by atoms with E-state index in [0.29, 0.717) is 142 Å². The number of aromatic amines is 1. The predicted octanol–water partition coefficient (Wildman–Crippen LogP) is 22.4. The zero-order valence-electron chi connectivity index (χ0n) is 73.4. The smallest absolute Gasteiger partial charge is 0.300 e. The highest BCUT2D eigenvalue weighted by molar-refractivity contribution is 6.41. The number of aliphatic hydroxyl groups excluding tert-OH is 1. The largest absolute Gasteiger partial charge is 0.497 e. The van der Waals surface area contributed by atoms with Crippen molar-refractivity contribution in [3.63, 3.8) is 0 Å². The first-order valence-electron chi connectivity index (χ1n) is 43.1. The summed E-state index contributed by atoms with van der Waals surface area (Å²) in [6.07, 6.45) is 1.99. The van der Waals surface area contributed by atoms with Crippen molar-refractivity contribution in [3.05, 3.63) is 350 Å². The van der Waals surface area contributed by atoms with Crippen molar-refractivity contribution in [2.24, 2.45) is 14.1 Å². The number of carbonyl (C=O) groups excluding carboxylic acids is 1. The number of methoxy groups -OCH3 is 1. The minimum Gasteiger partial charge on any atom is -0.497 e. The minimum absolute atomic E-state index is 0.0370. The predicted molar refractivity (Wildman–Crippen MR) is 532 cm³/mol. The van der Waals surface area contributed by atoms with Crippen LogP contribution in [0.3, 0.4) is 0 Å². The third-order valence-corrected chi connectivity index (χ3v) is 24.2. The number of nitro benzene ring substituents is 1. The Morgan fingerprint density at radius 1 is 0.413 bits per heavy atom. The van der Waals surface area contributed by atoms with Crippen molar-refractivity contribution >= 4 is 136 Å². The number of rotatable bonds is 21. The average molecular weight is 1930 g/mol. The Morgan fingerprint density at radius 2 is 0.775 bits per heavy atom. The van der Waals surface area contributed by atoms with E-state index in [1.165, 1.54) is 22.9 Å². The van der Waals surface area contributed by atoms with E-state index in [1.54, 1.807) is 46.4 Å². The number of non-ortho nitro benzene ring substituents is 1. The summed E-state index contributed by atoms with van der Waals surface area (Å²) in [6.45, 7) is 0.664. The van der Waals surface area contributed by atoms with Crippen LogP contribution in [-0.2, 0) is 38.4 Å². The van der Waals surface area contributed by atoms with Crippen molar-refractivity contribution in [2.75, 3.05) is 20.3 Å². The molecule has 0 unspecified atom stereocenters. The van der Waals surface area contributed by atoms with Crippen molar-refractivity contribution < 1.29 is 28.6 Å². The Bertz CT molecular complexity index is 8120. The molecule has 0 aliphatic heterocycles. The number of benzene rings is 11. The van der Waals surface area contributed by atoms with Crippen molar-refractivity contribution in [2.45, 2.75) is 32.4 Å². The maximum Gasteiger partial charge on any atom is 0.300 e. The van der Waals surface area contributed by atoms with Gasteiger partial charge in [-0.1, -0.05) is 313 Å².